The number of carboxylic acids is 1. The predicted molar refractivity (Wildman–Crippen MR) is 119 cm³/mol. The first-order valence-corrected chi connectivity index (χ1v) is 9.94. The predicted octanol–water partition coefficient (Wildman–Crippen LogP) is 4.61. The monoisotopic (exact) mass is 400 g/mol. The Bertz CT molecular complexity index is 1260. The van der Waals surface area contributed by atoms with Crippen LogP contribution in [0.3, 0.4) is 0 Å². The van der Waals surface area contributed by atoms with Crippen LogP contribution in [0.2, 0.25) is 0 Å². The molecule has 6 nitrogen and oxygen atoms in total. The van der Waals surface area contributed by atoms with E-state index >= 15 is 0 Å². The Kier molecular flexibility index (Phi) is 4.99. The Morgan fingerprint density at radius 1 is 1.07 bits per heavy atom. The van der Waals surface area contributed by atoms with Gasteiger partial charge in [0.1, 0.15) is 11.3 Å². The molecule has 4 rings (SSSR count). The number of fused-ring (bicyclic) bond motifs is 1. The minimum Gasteiger partial charge on any atom is -0.478 e. The number of rotatable bonds is 5. The van der Waals surface area contributed by atoms with Gasteiger partial charge in [-0.15, -0.1) is 0 Å². The summed E-state index contributed by atoms with van der Waals surface area (Å²) in [4.78, 5) is 21.0. The molecule has 0 saturated heterocycles. The maximum atomic E-state index is 11.5. The summed E-state index contributed by atoms with van der Waals surface area (Å²) in [5.74, 6) is 0.0362. The number of anilines is 1. The first kappa shape index (κ1) is 19.6. The number of carboxylic acid groups (broad SMARTS) is 1. The van der Waals surface area contributed by atoms with Gasteiger partial charge in [0.25, 0.3) is 0 Å². The molecular formula is C24H24N4O2. The van der Waals surface area contributed by atoms with E-state index in [4.69, 9.17) is 15.7 Å². The van der Waals surface area contributed by atoms with Crippen molar-refractivity contribution in [2.24, 2.45) is 0 Å². The largest absolute Gasteiger partial charge is 0.478 e. The number of nitrogens with two attached hydrogens (primary N) is 1. The van der Waals surface area contributed by atoms with Crippen LogP contribution >= 0.6 is 0 Å². The number of carbonyl (C=O) groups is 1. The Morgan fingerprint density at radius 2 is 1.77 bits per heavy atom. The highest BCUT2D eigenvalue weighted by Gasteiger charge is 2.16. The summed E-state index contributed by atoms with van der Waals surface area (Å²) in [5.41, 5.74) is 13.3. The summed E-state index contributed by atoms with van der Waals surface area (Å²) in [6.45, 7) is 6.61. The second-order valence-corrected chi connectivity index (χ2v) is 7.42. The molecule has 2 heterocycles. The van der Waals surface area contributed by atoms with E-state index in [0.29, 0.717) is 23.4 Å². The lowest BCUT2D eigenvalue weighted by Crippen LogP contribution is -2.06. The normalized spacial score (nSPS) is 11.2. The molecule has 2 aromatic carbocycles. The third-order valence-electron chi connectivity index (χ3n) is 5.52. The van der Waals surface area contributed by atoms with E-state index in [0.717, 1.165) is 45.8 Å². The molecule has 0 fully saturated rings. The van der Waals surface area contributed by atoms with Crippen molar-refractivity contribution in [2.45, 2.75) is 33.7 Å². The van der Waals surface area contributed by atoms with Gasteiger partial charge in [-0.25, -0.2) is 14.8 Å². The molecule has 0 atom stereocenters. The number of nitrogens with zero attached hydrogens (tertiary/aromatic N) is 3. The lowest BCUT2D eigenvalue weighted by molar-refractivity contribution is 0.0697. The lowest BCUT2D eigenvalue weighted by Gasteiger charge is -2.11. The SMILES string of the molecule is CCc1nc2c(C)c(N)c(C)nc2n1Cc1ccc(-c2ccccc2C(=O)O)cc1. The zero-order valence-electron chi connectivity index (χ0n) is 17.3. The van der Waals surface area contributed by atoms with Crippen LogP contribution in [0.5, 0.6) is 0 Å². The fourth-order valence-electron chi connectivity index (χ4n) is 3.80. The van der Waals surface area contributed by atoms with Gasteiger partial charge >= 0.3 is 5.97 Å². The van der Waals surface area contributed by atoms with Gasteiger partial charge in [0.05, 0.1) is 23.5 Å². The van der Waals surface area contributed by atoms with Gasteiger partial charge in [-0.1, -0.05) is 49.4 Å². The molecule has 0 unspecified atom stereocenters. The van der Waals surface area contributed by atoms with E-state index in [1.807, 2.05) is 50.2 Å². The smallest absolute Gasteiger partial charge is 0.336 e. The van der Waals surface area contributed by atoms with Crippen molar-refractivity contribution < 1.29 is 9.90 Å². The summed E-state index contributed by atoms with van der Waals surface area (Å²) in [6, 6.07) is 15.0. The van der Waals surface area contributed by atoms with Crippen LogP contribution in [-0.4, -0.2) is 25.6 Å². The molecule has 0 aliphatic carbocycles. The topological polar surface area (TPSA) is 94.0 Å². The molecule has 6 heteroatoms. The highest BCUT2D eigenvalue weighted by Crippen LogP contribution is 2.27. The molecule has 30 heavy (non-hydrogen) atoms. The summed E-state index contributed by atoms with van der Waals surface area (Å²) >= 11 is 0. The fourth-order valence-corrected chi connectivity index (χ4v) is 3.80. The molecule has 2 aromatic heterocycles. The number of benzene rings is 2. The van der Waals surface area contributed by atoms with E-state index in [1.54, 1.807) is 12.1 Å². The second kappa shape index (κ2) is 7.63. The van der Waals surface area contributed by atoms with Gasteiger partial charge in [0.2, 0.25) is 0 Å². The number of pyridine rings is 1. The van der Waals surface area contributed by atoms with Gasteiger partial charge < -0.3 is 15.4 Å². The first-order chi connectivity index (χ1) is 14.4. The van der Waals surface area contributed by atoms with Crippen LogP contribution in [0.4, 0.5) is 5.69 Å². The Hall–Kier alpha value is -3.67. The number of imidazole rings is 1. The molecule has 4 aromatic rings. The van der Waals surface area contributed by atoms with Crippen molar-refractivity contribution in [1.29, 1.82) is 0 Å². The Balaban J connectivity index is 1.73. The molecular weight excluding hydrogens is 376 g/mol. The number of nitrogen functional groups attached to an aromatic ring is 1. The maximum Gasteiger partial charge on any atom is 0.336 e. The third-order valence-corrected chi connectivity index (χ3v) is 5.52. The maximum absolute atomic E-state index is 11.5. The van der Waals surface area contributed by atoms with Crippen molar-refractivity contribution in [3.8, 4) is 11.1 Å². The van der Waals surface area contributed by atoms with E-state index in [1.165, 1.54) is 0 Å². The number of hydrogen-bond acceptors (Lipinski definition) is 4. The molecule has 152 valence electrons. The molecule has 0 spiro atoms. The summed E-state index contributed by atoms with van der Waals surface area (Å²) in [7, 11) is 0. The average Bonchev–Trinajstić information content (AvgIpc) is 3.10. The number of aryl methyl sites for hydroxylation is 3. The van der Waals surface area contributed by atoms with Gasteiger partial charge in [-0.05, 0) is 36.6 Å². The Morgan fingerprint density at radius 3 is 2.43 bits per heavy atom. The van der Waals surface area contributed by atoms with E-state index < -0.39 is 5.97 Å². The highest BCUT2D eigenvalue weighted by atomic mass is 16.4. The molecule has 0 aliphatic heterocycles. The summed E-state index contributed by atoms with van der Waals surface area (Å²) < 4.78 is 2.13. The van der Waals surface area contributed by atoms with Crippen LogP contribution in [0.15, 0.2) is 48.5 Å². The van der Waals surface area contributed by atoms with Crippen molar-refractivity contribution in [2.75, 3.05) is 5.73 Å². The van der Waals surface area contributed by atoms with Crippen molar-refractivity contribution in [3.63, 3.8) is 0 Å². The fraction of sp³-hybridized carbons (Fsp3) is 0.208. The van der Waals surface area contributed by atoms with Crippen molar-refractivity contribution >= 4 is 22.8 Å². The highest BCUT2D eigenvalue weighted by molar-refractivity contribution is 5.96. The van der Waals surface area contributed by atoms with Crippen LogP contribution < -0.4 is 5.73 Å². The molecule has 0 bridgehead atoms. The summed E-state index contributed by atoms with van der Waals surface area (Å²) in [5, 5.41) is 9.45. The molecule has 0 saturated carbocycles. The molecule has 0 aliphatic rings. The Labute approximate surface area is 175 Å². The summed E-state index contributed by atoms with van der Waals surface area (Å²) in [6.07, 6.45) is 0.790. The van der Waals surface area contributed by atoms with Crippen molar-refractivity contribution in [1.82, 2.24) is 14.5 Å². The van der Waals surface area contributed by atoms with Gasteiger partial charge in [-0.2, -0.15) is 0 Å². The van der Waals surface area contributed by atoms with E-state index in [2.05, 4.69) is 11.5 Å². The minimum atomic E-state index is -0.928. The minimum absolute atomic E-state index is 0.298. The van der Waals surface area contributed by atoms with Crippen LogP contribution in [-0.2, 0) is 13.0 Å². The van der Waals surface area contributed by atoms with E-state index in [9.17, 15) is 9.90 Å². The lowest BCUT2D eigenvalue weighted by atomic mass is 9.99. The molecule has 3 N–H and O–H groups in total. The van der Waals surface area contributed by atoms with Gasteiger partial charge in [0.15, 0.2) is 5.65 Å². The number of hydrogen-bond donors (Lipinski definition) is 2. The number of aromatic carboxylic acids is 1. The number of aromatic nitrogens is 3. The zero-order valence-corrected chi connectivity index (χ0v) is 17.3. The zero-order chi connectivity index (χ0) is 21.4. The third kappa shape index (κ3) is 3.30. The van der Waals surface area contributed by atoms with Gasteiger partial charge in [-0.3, -0.25) is 0 Å². The van der Waals surface area contributed by atoms with Crippen LogP contribution in [0.25, 0.3) is 22.3 Å². The van der Waals surface area contributed by atoms with Crippen LogP contribution in [0, 0.1) is 13.8 Å². The molecule has 0 amide bonds. The van der Waals surface area contributed by atoms with Crippen molar-refractivity contribution in [3.05, 3.63) is 76.7 Å². The second-order valence-electron chi connectivity index (χ2n) is 7.42. The van der Waals surface area contributed by atoms with Gasteiger partial charge in [0, 0.05) is 12.0 Å². The average molecular weight is 400 g/mol. The quantitative estimate of drug-likeness (QED) is 0.510. The first-order valence-electron chi connectivity index (χ1n) is 9.94. The van der Waals surface area contributed by atoms with E-state index in [-0.39, 0.29) is 0 Å². The molecule has 0 radical (unpaired) electrons. The van der Waals surface area contributed by atoms with Crippen LogP contribution in [0.1, 0.15) is 39.9 Å². The standard InChI is InChI=1S/C24H24N4O2/c1-4-20-27-22-14(2)21(25)15(3)26-23(22)28(20)13-16-9-11-17(12-10-16)18-7-5-6-8-19(18)24(29)30/h5-12H,4,13,25H2,1-3H3,(H,29,30).